The normalized spacial score (nSPS) is 22.2. The Bertz CT molecular complexity index is 378. The van der Waals surface area contributed by atoms with Crippen LogP contribution in [-0.4, -0.2) is 30.8 Å². The van der Waals surface area contributed by atoms with Gasteiger partial charge in [0, 0.05) is 12.6 Å². The van der Waals surface area contributed by atoms with Gasteiger partial charge in [0.25, 0.3) is 0 Å². The molecule has 2 aliphatic rings. The van der Waals surface area contributed by atoms with Crippen LogP contribution >= 0.6 is 0 Å². The lowest BCUT2D eigenvalue weighted by molar-refractivity contribution is 0.0515. The highest BCUT2D eigenvalue weighted by Crippen LogP contribution is 2.27. The van der Waals surface area contributed by atoms with E-state index in [9.17, 15) is 4.79 Å². The van der Waals surface area contributed by atoms with E-state index in [1.807, 2.05) is 20.8 Å². The minimum Gasteiger partial charge on any atom is -0.444 e. The van der Waals surface area contributed by atoms with Crippen LogP contribution in [-0.2, 0) is 4.74 Å². The highest BCUT2D eigenvalue weighted by molar-refractivity contribution is 5.67. The number of hydrogen-bond acceptors (Lipinski definition) is 3. The van der Waals surface area contributed by atoms with E-state index in [0.717, 1.165) is 12.5 Å². The van der Waals surface area contributed by atoms with Crippen LogP contribution in [0.2, 0.25) is 0 Å². The molecule has 4 heteroatoms. The van der Waals surface area contributed by atoms with Crippen molar-refractivity contribution in [3.63, 3.8) is 0 Å². The van der Waals surface area contributed by atoms with Crippen LogP contribution in [0.3, 0.4) is 0 Å². The molecule has 0 aromatic rings. The molecular weight excluding hydrogens is 312 g/mol. The number of carbonyl (C=O) groups is 1. The molecule has 0 aliphatic heterocycles. The molecule has 0 aromatic heterocycles. The summed E-state index contributed by atoms with van der Waals surface area (Å²) in [6, 6.07) is 0.385. The molecule has 0 bridgehead atoms. The van der Waals surface area contributed by atoms with E-state index in [4.69, 9.17) is 4.74 Å². The summed E-state index contributed by atoms with van der Waals surface area (Å²) in [5.41, 5.74) is -0.432. The van der Waals surface area contributed by atoms with Crippen LogP contribution in [0.1, 0.15) is 91.4 Å². The Balaban J connectivity index is 1.82. The second-order valence-corrected chi connectivity index (χ2v) is 9.15. The minimum atomic E-state index is -0.432. The zero-order valence-electron chi connectivity index (χ0n) is 16.7. The summed E-state index contributed by atoms with van der Waals surface area (Å²) >= 11 is 0. The maximum Gasteiger partial charge on any atom is 0.407 e. The second-order valence-electron chi connectivity index (χ2n) is 9.15. The largest absolute Gasteiger partial charge is 0.444 e. The lowest BCUT2D eigenvalue weighted by Gasteiger charge is -2.32. The molecule has 0 radical (unpaired) electrons. The number of ether oxygens (including phenoxy) is 1. The van der Waals surface area contributed by atoms with Gasteiger partial charge in [0.15, 0.2) is 0 Å². The average molecular weight is 353 g/mol. The van der Waals surface area contributed by atoms with Crippen molar-refractivity contribution in [2.45, 2.75) is 103 Å². The number of carbonyl (C=O) groups excluding carboxylic acids is 1. The lowest BCUT2D eigenvalue weighted by Crippen LogP contribution is -2.48. The fraction of sp³-hybridized carbons (Fsp3) is 0.952. The van der Waals surface area contributed by atoms with Gasteiger partial charge in [-0.25, -0.2) is 4.79 Å². The smallest absolute Gasteiger partial charge is 0.407 e. The standard InChI is InChI=1S/C21H40N2O2/c1-21(2,3)25-20(24)23-16-19(18-13-9-6-10-14-18)22-15-17-11-7-4-5-8-12-17/h17-19,22H,4-16H2,1-3H3,(H,23,24). The molecule has 2 fully saturated rings. The van der Waals surface area contributed by atoms with E-state index < -0.39 is 5.60 Å². The molecule has 2 saturated carbocycles. The molecule has 25 heavy (non-hydrogen) atoms. The van der Waals surface area contributed by atoms with Crippen molar-refractivity contribution in [2.75, 3.05) is 13.1 Å². The first-order chi connectivity index (χ1) is 11.9. The van der Waals surface area contributed by atoms with E-state index in [1.165, 1.54) is 70.6 Å². The Kier molecular flexibility index (Phi) is 8.54. The van der Waals surface area contributed by atoms with E-state index >= 15 is 0 Å². The first-order valence-corrected chi connectivity index (χ1v) is 10.6. The van der Waals surface area contributed by atoms with Crippen molar-refractivity contribution in [3.05, 3.63) is 0 Å². The predicted molar refractivity (Wildman–Crippen MR) is 104 cm³/mol. The number of rotatable bonds is 6. The summed E-state index contributed by atoms with van der Waals surface area (Å²) in [6.45, 7) is 7.53. The van der Waals surface area contributed by atoms with Crippen molar-refractivity contribution in [3.8, 4) is 0 Å². The molecule has 1 unspecified atom stereocenters. The monoisotopic (exact) mass is 352 g/mol. The highest BCUT2D eigenvalue weighted by Gasteiger charge is 2.26. The molecule has 1 atom stereocenters. The molecule has 2 rings (SSSR count). The van der Waals surface area contributed by atoms with Crippen LogP contribution in [0, 0.1) is 11.8 Å². The Morgan fingerprint density at radius 3 is 2.12 bits per heavy atom. The summed E-state index contributed by atoms with van der Waals surface area (Å²) in [4.78, 5) is 12.0. The number of nitrogens with one attached hydrogen (secondary N) is 2. The molecule has 1 amide bonds. The topological polar surface area (TPSA) is 50.4 Å². The SMILES string of the molecule is CC(C)(C)OC(=O)NCC(NCC1CCCCCC1)C1CCCCC1. The second kappa shape index (κ2) is 10.4. The summed E-state index contributed by atoms with van der Waals surface area (Å²) in [7, 11) is 0. The summed E-state index contributed by atoms with van der Waals surface area (Å²) < 4.78 is 5.41. The van der Waals surface area contributed by atoms with Gasteiger partial charge in [0.2, 0.25) is 0 Å². The quantitative estimate of drug-likeness (QED) is 0.660. The van der Waals surface area contributed by atoms with Gasteiger partial charge in [0.05, 0.1) is 0 Å². The van der Waals surface area contributed by atoms with Crippen molar-refractivity contribution < 1.29 is 9.53 Å². The predicted octanol–water partition coefficient (Wildman–Crippen LogP) is 5.02. The molecule has 4 nitrogen and oxygen atoms in total. The molecule has 0 spiro atoms. The zero-order chi connectivity index (χ0) is 18.1. The fourth-order valence-corrected chi connectivity index (χ4v) is 4.34. The summed E-state index contributed by atoms with van der Waals surface area (Å²) in [6.07, 6.45) is 14.6. The number of amides is 1. The van der Waals surface area contributed by atoms with Gasteiger partial charge in [-0.05, 0) is 64.8 Å². The maximum absolute atomic E-state index is 12.0. The zero-order valence-corrected chi connectivity index (χ0v) is 16.7. The van der Waals surface area contributed by atoms with E-state index in [1.54, 1.807) is 0 Å². The Labute approximate surface area is 154 Å². The van der Waals surface area contributed by atoms with Gasteiger partial charge in [-0.3, -0.25) is 0 Å². The fourth-order valence-electron chi connectivity index (χ4n) is 4.34. The molecule has 2 aliphatic carbocycles. The molecule has 0 saturated heterocycles. The third-order valence-corrected chi connectivity index (χ3v) is 5.73. The van der Waals surface area contributed by atoms with Crippen LogP contribution in [0.25, 0.3) is 0 Å². The number of alkyl carbamates (subject to hydrolysis) is 1. The van der Waals surface area contributed by atoms with Gasteiger partial charge in [0.1, 0.15) is 5.60 Å². The molecular formula is C21H40N2O2. The van der Waals surface area contributed by atoms with Crippen LogP contribution in [0.15, 0.2) is 0 Å². The maximum atomic E-state index is 12.0. The van der Waals surface area contributed by atoms with Crippen LogP contribution in [0.4, 0.5) is 4.79 Å². The van der Waals surface area contributed by atoms with E-state index in [0.29, 0.717) is 18.5 Å². The van der Waals surface area contributed by atoms with Gasteiger partial charge in [-0.15, -0.1) is 0 Å². The van der Waals surface area contributed by atoms with E-state index in [-0.39, 0.29) is 6.09 Å². The van der Waals surface area contributed by atoms with E-state index in [2.05, 4.69) is 10.6 Å². The molecule has 2 N–H and O–H groups in total. The minimum absolute atomic E-state index is 0.287. The van der Waals surface area contributed by atoms with Gasteiger partial charge in [-0.2, -0.15) is 0 Å². The van der Waals surface area contributed by atoms with Crippen molar-refractivity contribution >= 4 is 6.09 Å². The van der Waals surface area contributed by atoms with Gasteiger partial charge < -0.3 is 15.4 Å². The third-order valence-electron chi connectivity index (χ3n) is 5.73. The van der Waals surface area contributed by atoms with Crippen molar-refractivity contribution in [1.29, 1.82) is 0 Å². The van der Waals surface area contributed by atoms with Crippen molar-refractivity contribution in [2.24, 2.45) is 11.8 Å². The molecule has 0 heterocycles. The first kappa shape index (κ1) is 20.5. The Morgan fingerprint density at radius 2 is 1.52 bits per heavy atom. The third kappa shape index (κ3) is 8.44. The van der Waals surface area contributed by atoms with Crippen molar-refractivity contribution in [1.82, 2.24) is 10.6 Å². The Hall–Kier alpha value is -0.770. The summed E-state index contributed by atoms with van der Waals surface area (Å²) in [5.74, 6) is 1.50. The first-order valence-electron chi connectivity index (χ1n) is 10.6. The Morgan fingerprint density at radius 1 is 0.960 bits per heavy atom. The highest BCUT2D eigenvalue weighted by atomic mass is 16.6. The van der Waals surface area contributed by atoms with Crippen LogP contribution in [0.5, 0.6) is 0 Å². The van der Waals surface area contributed by atoms with Crippen LogP contribution < -0.4 is 10.6 Å². The van der Waals surface area contributed by atoms with Gasteiger partial charge >= 0.3 is 6.09 Å². The van der Waals surface area contributed by atoms with Gasteiger partial charge in [-0.1, -0.05) is 44.9 Å². The molecule has 0 aromatic carbocycles. The number of hydrogen-bond donors (Lipinski definition) is 2. The average Bonchev–Trinajstić information content (AvgIpc) is 2.83. The molecule has 146 valence electrons. The summed E-state index contributed by atoms with van der Waals surface area (Å²) in [5, 5.41) is 6.85. The lowest BCUT2D eigenvalue weighted by atomic mass is 9.83.